The molecule has 1 aromatic heterocycles. The lowest BCUT2D eigenvalue weighted by Gasteiger charge is -2.21. The second kappa shape index (κ2) is 7.17. The number of hydrogen-bond acceptors (Lipinski definition) is 5. The number of sulfonamides is 1. The van der Waals surface area contributed by atoms with Gasteiger partial charge in [-0.05, 0) is 44.1 Å². The third-order valence-electron chi connectivity index (χ3n) is 3.85. The minimum absolute atomic E-state index is 0. The van der Waals surface area contributed by atoms with Crippen molar-refractivity contribution in [3.05, 3.63) is 29.1 Å². The van der Waals surface area contributed by atoms with Crippen molar-refractivity contribution in [3.8, 4) is 0 Å². The van der Waals surface area contributed by atoms with Crippen LogP contribution in [0.25, 0.3) is 10.1 Å². The van der Waals surface area contributed by atoms with Gasteiger partial charge < -0.3 is 5.32 Å². The van der Waals surface area contributed by atoms with Gasteiger partial charge in [0.1, 0.15) is 0 Å². The molecule has 0 spiro atoms. The summed E-state index contributed by atoms with van der Waals surface area (Å²) in [4.78, 5) is 12.7. The third kappa shape index (κ3) is 4.23. The van der Waals surface area contributed by atoms with Crippen LogP contribution >= 0.6 is 23.7 Å². The summed E-state index contributed by atoms with van der Waals surface area (Å²) in [6.45, 7) is 1.75. The number of ketones is 1. The van der Waals surface area contributed by atoms with Crippen molar-refractivity contribution in [1.82, 2.24) is 5.32 Å². The van der Waals surface area contributed by atoms with E-state index in [1.807, 2.05) is 11.4 Å². The van der Waals surface area contributed by atoms with Crippen LogP contribution in [0.1, 0.15) is 23.2 Å². The first-order valence-corrected chi connectivity index (χ1v) is 9.95. The van der Waals surface area contributed by atoms with Crippen LogP contribution in [-0.4, -0.2) is 33.5 Å². The molecule has 1 aliphatic heterocycles. The van der Waals surface area contributed by atoms with Gasteiger partial charge in [-0.15, -0.1) is 23.7 Å². The summed E-state index contributed by atoms with van der Waals surface area (Å²) in [5.74, 6) is 0.231. The zero-order chi connectivity index (χ0) is 15.7. The maximum absolute atomic E-state index is 12.7. The van der Waals surface area contributed by atoms with Crippen molar-refractivity contribution in [2.75, 3.05) is 24.1 Å². The summed E-state index contributed by atoms with van der Waals surface area (Å²) in [6.07, 6.45) is 2.83. The van der Waals surface area contributed by atoms with Crippen molar-refractivity contribution in [1.29, 1.82) is 0 Å². The number of carbonyl (C=O) groups is 1. The molecule has 0 unspecified atom stereocenters. The second-order valence-electron chi connectivity index (χ2n) is 5.62. The highest BCUT2D eigenvalue weighted by atomic mass is 35.5. The molecule has 126 valence electrons. The summed E-state index contributed by atoms with van der Waals surface area (Å²) < 4.78 is 26.2. The van der Waals surface area contributed by atoms with Crippen LogP contribution in [0, 0.1) is 5.92 Å². The summed E-state index contributed by atoms with van der Waals surface area (Å²) in [6, 6.07) is 5.33. The smallest absolute Gasteiger partial charge is 0.229 e. The number of piperidine rings is 1. The van der Waals surface area contributed by atoms with Gasteiger partial charge in [0.15, 0.2) is 5.78 Å². The first-order chi connectivity index (χ1) is 10.4. The third-order valence-corrected chi connectivity index (χ3v) is 5.42. The molecule has 1 saturated heterocycles. The van der Waals surface area contributed by atoms with Crippen LogP contribution in [-0.2, 0) is 10.0 Å². The minimum atomic E-state index is -3.32. The molecule has 0 amide bonds. The predicted molar refractivity (Wildman–Crippen MR) is 97.5 cm³/mol. The first kappa shape index (κ1) is 18.2. The minimum Gasteiger partial charge on any atom is -0.317 e. The molecule has 1 aromatic carbocycles. The Kier molecular flexibility index (Phi) is 5.67. The van der Waals surface area contributed by atoms with Gasteiger partial charge in [-0.3, -0.25) is 9.52 Å². The molecular formula is C15H19ClN2O3S2. The maximum Gasteiger partial charge on any atom is 0.229 e. The zero-order valence-electron chi connectivity index (χ0n) is 12.7. The number of thiophene rings is 1. The molecule has 0 radical (unpaired) electrons. The number of fused-ring (bicyclic) bond motifs is 1. The van der Waals surface area contributed by atoms with E-state index in [9.17, 15) is 13.2 Å². The predicted octanol–water partition coefficient (Wildman–Crippen LogP) is 2.88. The van der Waals surface area contributed by atoms with Gasteiger partial charge in [-0.1, -0.05) is 0 Å². The Morgan fingerprint density at radius 1 is 1.30 bits per heavy atom. The average molecular weight is 375 g/mol. The Hall–Kier alpha value is -1.15. The van der Waals surface area contributed by atoms with Crippen molar-refractivity contribution >= 4 is 55.3 Å². The Balaban J connectivity index is 0.00000192. The van der Waals surface area contributed by atoms with E-state index >= 15 is 0 Å². The van der Waals surface area contributed by atoms with Gasteiger partial charge in [0.2, 0.25) is 10.0 Å². The Labute approximate surface area is 145 Å². The summed E-state index contributed by atoms with van der Waals surface area (Å²) in [7, 11) is -3.32. The van der Waals surface area contributed by atoms with Crippen LogP contribution in [0.2, 0.25) is 0 Å². The lowest BCUT2D eigenvalue weighted by atomic mass is 9.89. The molecular weight excluding hydrogens is 356 g/mol. The number of hydrogen-bond donors (Lipinski definition) is 2. The molecule has 0 atom stereocenters. The number of nitrogens with one attached hydrogen (secondary N) is 2. The highest BCUT2D eigenvalue weighted by Gasteiger charge is 2.24. The van der Waals surface area contributed by atoms with E-state index < -0.39 is 10.0 Å². The molecule has 0 aliphatic carbocycles. The fraction of sp³-hybridized carbons (Fsp3) is 0.400. The number of anilines is 1. The molecule has 0 saturated carbocycles. The molecule has 1 aliphatic rings. The van der Waals surface area contributed by atoms with E-state index in [4.69, 9.17) is 0 Å². The van der Waals surface area contributed by atoms with Crippen LogP contribution in [0.15, 0.2) is 23.6 Å². The zero-order valence-corrected chi connectivity index (χ0v) is 15.1. The van der Waals surface area contributed by atoms with Crippen LogP contribution in [0.4, 0.5) is 5.69 Å². The molecule has 3 rings (SSSR count). The second-order valence-corrected chi connectivity index (χ2v) is 8.28. The molecule has 1 fully saturated rings. The SMILES string of the molecule is CS(=O)(=O)Nc1ccc2scc(C(=O)C3CCNCC3)c2c1.Cl. The van der Waals surface area contributed by atoms with Gasteiger partial charge in [0.25, 0.3) is 0 Å². The van der Waals surface area contributed by atoms with Gasteiger partial charge in [-0.25, -0.2) is 8.42 Å². The van der Waals surface area contributed by atoms with E-state index in [1.54, 1.807) is 12.1 Å². The van der Waals surface area contributed by atoms with Gasteiger partial charge in [0.05, 0.1) is 6.26 Å². The largest absolute Gasteiger partial charge is 0.317 e. The van der Waals surface area contributed by atoms with E-state index in [1.165, 1.54) is 11.3 Å². The Morgan fingerprint density at radius 3 is 2.65 bits per heavy atom. The lowest BCUT2D eigenvalue weighted by Crippen LogP contribution is -2.31. The fourth-order valence-corrected chi connectivity index (χ4v) is 4.29. The van der Waals surface area contributed by atoms with E-state index in [2.05, 4.69) is 10.0 Å². The Morgan fingerprint density at radius 2 is 2.00 bits per heavy atom. The molecule has 2 heterocycles. The topological polar surface area (TPSA) is 75.3 Å². The number of benzene rings is 1. The molecule has 2 aromatic rings. The summed E-state index contributed by atoms with van der Waals surface area (Å²) >= 11 is 1.52. The van der Waals surface area contributed by atoms with Crippen LogP contribution in [0.5, 0.6) is 0 Å². The monoisotopic (exact) mass is 374 g/mol. The standard InChI is InChI=1S/C15H18N2O3S2.ClH/c1-22(19,20)17-11-2-3-14-12(8-11)13(9-21-14)15(18)10-4-6-16-7-5-10;/h2-3,8-10,16-17H,4-7H2,1H3;1H. The van der Waals surface area contributed by atoms with Gasteiger partial charge >= 0.3 is 0 Å². The van der Waals surface area contributed by atoms with E-state index in [0.29, 0.717) is 11.3 Å². The van der Waals surface area contributed by atoms with E-state index in [-0.39, 0.29) is 24.1 Å². The van der Waals surface area contributed by atoms with Crippen molar-refractivity contribution in [2.45, 2.75) is 12.8 Å². The molecule has 0 bridgehead atoms. The van der Waals surface area contributed by atoms with Gasteiger partial charge in [0, 0.05) is 32.6 Å². The fourth-order valence-electron chi connectivity index (χ4n) is 2.80. The van der Waals surface area contributed by atoms with Crippen molar-refractivity contribution in [3.63, 3.8) is 0 Å². The summed E-state index contributed by atoms with van der Waals surface area (Å²) in [5.41, 5.74) is 1.21. The quantitative estimate of drug-likeness (QED) is 0.807. The summed E-state index contributed by atoms with van der Waals surface area (Å²) in [5, 5.41) is 5.98. The lowest BCUT2D eigenvalue weighted by molar-refractivity contribution is 0.0897. The molecule has 2 N–H and O–H groups in total. The maximum atomic E-state index is 12.7. The van der Waals surface area contributed by atoms with Gasteiger partial charge in [-0.2, -0.15) is 0 Å². The average Bonchev–Trinajstić information content (AvgIpc) is 2.89. The van der Waals surface area contributed by atoms with Crippen LogP contribution in [0.3, 0.4) is 0 Å². The van der Waals surface area contributed by atoms with Crippen LogP contribution < -0.4 is 10.0 Å². The highest BCUT2D eigenvalue weighted by molar-refractivity contribution is 7.92. The molecule has 23 heavy (non-hydrogen) atoms. The van der Waals surface area contributed by atoms with E-state index in [0.717, 1.165) is 42.3 Å². The molecule has 5 nitrogen and oxygen atoms in total. The first-order valence-electron chi connectivity index (χ1n) is 7.18. The van der Waals surface area contributed by atoms with Crippen molar-refractivity contribution in [2.24, 2.45) is 5.92 Å². The number of halogens is 1. The highest BCUT2D eigenvalue weighted by Crippen LogP contribution is 2.32. The number of carbonyl (C=O) groups excluding carboxylic acids is 1. The number of rotatable bonds is 4. The normalized spacial score (nSPS) is 16.0. The number of Topliss-reactive ketones (excluding diaryl/α,β-unsaturated/α-hetero) is 1. The molecule has 8 heteroatoms. The van der Waals surface area contributed by atoms with Crippen molar-refractivity contribution < 1.29 is 13.2 Å². The Bertz CT molecular complexity index is 811.